The van der Waals surface area contributed by atoms with Crippen molar-refractivity contribution in [2.75, 3.05) is 7.11 Å². The highest BCUT2D eigenvalue weighted by Gasteiger charge is 2.49. The second-order valence-corrected chi connectivity index (χ2v) is 7.16. The number of methoxy groups -OCH3 is 1. The second kappa shape index (κ2) is 7.35. The number of hydrogen-bond donors (Lipinski definition) is 2. The number of nitrogens with two attached hydrogens (primary N) is 1. The Morgan fingerprint density at radius 2 is 1.38 bits per heavy atom. The molecule has 0 saturated carbocycles. The summed E-state index contributed by atoms with van der Waals surface area (Å²) >= 11 is 0. The molecule has 0 aliphatic heterocycles. The fraction of sp³-hybridized carbons (Fsp3) is 0.208. The van der Waals surface area contributed by atoms with Crippen molar-refractivity contribution in [2.45, 2.75) is 24.7 Å². The van der Waals surface area contributed by atoms with Crippen LogP contribution in [0, 0.1) is 0 Å². The number of carbonyl (C=O) groups is 1. The number of fused-ring (bicyclic) bond motifs is 3. The van der Waals surface area contributed by atoms with Crippen LogP contribution in [-0.4, -0.2) is 30.3 Å². The molecule has 0 unspecified atom stereocenters. The summed E-state index contributed by atoms with van der Waals surface area (Å²) in [6.45, 7) is 1.69. The van der Waals surface area contributed by atoms with Gasteiger partial charge in [0.15, 0.2) is 0 Å². The van der Waals surface area contributed by atoms with Gasteiger partial charge < -0.3 is 20.3 Å². The molecule has 3 aromatic rings. The minimum Gasteiger partial charge on any atom is -0.496 e. The molecule has 0 radical (unpaired) electrons. The van der Waals surface area contributed by atoms with Crippen molar-refractivity contribution in [2.24, 2.45) is 5.73 Å². The molecular weight excluding hydrogens is 366 g/mol. The third-order valence-corrected chi connectivity index (χ3v) is 5.54. The Morgan fingerprint density at radius 1 is 0.897 bits per heavy atom. The van der Waals surface area contributed by atoms with Crippen molar-refractivity contribution >= 4 is 5.97 Å². The maximum Gasteiger partial charge on any atom is 0.323 e. The van der Waals surface area contributed by atoms with Gasteiger partial charge in [-0.25, -0.2) is 0 Å². The van der Waals surface area contributed by atoms with E-state index in [9.17, 15) is 9.90 Å². The van der Waals surface area contributed by atoms with Gasteiger partial charge in [0.1, 0.15) is 17.4 Å². The van der Waals surface area contributed by atoms with Crippen LogP contribution in [0.2, 0.25) is 0 Å². The van der Waals surface area contributed by atoms with Crippen LogP contribution in [0.3, 0.4) is 0 Å². The van der Waals surface area contributed by atoms with Crippen molar-refractivity contribution in [3.8, 4) is 16.9 Å². The van der Waals surface area contributed by atoms with E-state index in [4.69, 9.17) is 15.2 Å². The smallest absolute Gasteiger partial charge is 0.323 e. The Bertz CT molecular complexity index is 1020. The number of para-hydroxylation sites is 1. The van der Waals surface area contributed by atoms with Gasteiger partial charge in [-0.05, 0) is 24.1 Å². The molecule has 0 amide bonds. The van der Waals surface area contributed by atoms with E-state index >= 15 is 0 Å². The van der Waals surface area contributed by atoms with Crippen molar-refractivity contribution in [1.29, 1.82) is 0 Å². The summed E-state index contributed by atoms with van der Waals surface area (Å²) in [5, 5.41) is 9.44. The van der Waals surface area contributed by atoms with Gasteiger partial charge in [-0.2, -0.15) is 0 Å². The highest BCUT2D eigenvalue weighted by molar-refractivity contribution is 5.83. The van der Waals surface area contributed by atoms with Crippen LogP contribution in [0.4, 0.5) is 0 Å². The van der Waals surface area contributed by atoms with Crippen LogP contribution >= 0.6 is 0 Å². The average molecular weight is 389 g/mol. The number of aliphatic carboxylic acids is 1. The lowest BCUT2D eigenvalue weighted by Crippen LogP contribution is -2.46. The molecule has 3 aromatic carbocycles. The first-order chi connectivity index (χ1) is 14.0. The molecule has 5 nitrogen and oxygen atoms in total. The van der Waals surface area contributed by atoms with Crippen LogP contribution in [0.1, 0.15) is 23.6 Å². The molecule has 1 aliphatic rings. The monoisotopic (exact) mass is 389 g/mol. The molecule has 0 heterocycles. The van der Waals surface area contributed by atoms with Gasteiger partial charge in [-0.1, -0.05) is 66.7 Å². The van der Waals surface area contributed by atoms with Crippen molar-refractivity contribution in [1.82, 2.24) is 0 Å². The average Bonchev–Trinajstić information content (AvgIpc) is 3.04. The minimum absolute atomic E-state index is 0.662. The zero-order chi connectivity index (χ0) is 20.6. The standard InChI is InChI=1S/C24H23NO4/c1-15(22(25)23(26)27)29-24(20-13-7-8-14-21(20)28-2)18-11-5-3-9-16(18)17-10-4-6-12-19(17)24/h3-15,22H,25H2,1-2H3,(H,26,27)/t15-,22+/m1/s1. The number of benzene rings is 3. The molecule has 0 saturated heterocycles. The largest absolute Gasteiger partial charge is 0.496 e. The maximum atomic E-state index is 11.5. The molecule has 3 N–H and O–H groups in total. The van der Waals surface area contributed by atoms with Crippen LogP contribution in [0.5, 0.6) is 5.75 Å². The number of rotatable bonds is 6. The maximum absolute atomic E-state index is 11.5. The normalized spacial score (nSPS) is 15.8. The Morgan fingerprint density at radius 3 is 1.90 bits per heavy atom. The summed E-state index contributed by atoms with van der Waals surface area (Å²) in [7, 11) is 1.62. The highest BCUT2D eigenvalue weighted by atomic mass is 16.5. The van der Waals surface area contributed by atoms with E-state index in [1.54, 1.807) is 14.0 Å². The summed E-state index contributed by atoms with van der Waals surface area (Å²) < 4.78 is 12.3. The number of carboxylic acids is 1. The first-order valence-corrected chi connectivity index (χ1v) is 9.49. The lowest BCUT2D eigenvalue weighted by molar-refractivity contribution is -0.144. The van der Waals surface area contributed by atoms with E-state index in [1.807, 2.05) is 60.7 Å². The third-order valence-electron chi connectivity index (χ3n) is 5.54. The Labute approximate surface area is 169 Å². The van der Waals surface area contributed by atoms with E-state index in [2.05, 4.69) is 12.1 Å². The minimum atomic E-state index is -1.17. The summed E-state index contributed by atoms with van der Waals surface area (Å²) in [6.07, 6.45) is -0.753. The first-order valence-electron chi connectivity index (χ1n) is 9.49. The molecule has 4 rings (SSSR count). The van der Waals surface area contributed by atoms with Crippen molar-refractivity contribution in [3.05, 3.63) is 89.5 Å². The van der Waals surface area contributed by atoms with Crippen molar-refractivity contribution < 1.29 is 19.4 Å². The van der Waals surface area contributed by atoms with E-state index in [1.165, 1.54) is 0 Å². The van der Waals surface area contributed by atoms with Crippen LogP contribution in [0.25, 0.3) is 11.1 Å². The molecular formula is C24H23NO4. The van der Waals surface area contributed by atoms with Gasteiger partial charge in [0.25, 0.3) is 0 Å². The third kappa shape index (κ3) is 2.90. The molecule has 0 aromatic heterocycles. The van der Waals surface area contributed by atoms with Crippen LogP contribution < -0.4 is 10.5 Å². The molecule has 5 heteroatoms. The second-order valence-electron chi connectivity index (χ2n) is 7.16. The Balaban J connectivity index is 2.03. The predicted octanol–water partition coefficient (Wildman–Crippen LogP) is 3.78. The van der Waals surface area contributed by atoms with E-state index in [0.717, 1.165) is 27.8 Å². The van der Waals surface area contributed by atoms with E-state index in [0.29, 0.717) is 5.75 Å². The van der Waals surface area contributed by atoms with Gasteiger partial charge in [-0.15, -0.1) is 0 Å². The van der Waals surface area contributed by atoms with Crippen LogP contribution in [0.15, 0.2) is 72.8 Å². The summed E-state index contributed by atoms with van der Waals surface area (Å²) in [5.74, 6) is -0.442. The topological polar surface area (TPSA) is 81.8 Å². The van der Waals surface area contributed by atoms with Crippen LogP contribution in [-0.2, 0) is 15.1 Å². The summed E-state index contributed by atoms with van der Waals surface area (Å²) in [6, 6.07) is 22.5. The predicted molar refractivity (Wildman–Crippen MR) is 111 cm³/mol. The van der Waals surface area contributed by atoms with Gasteiger partial charge in [0.2, 0.25) is 0 Å². The summed E-state index contributed by atoms with van der Waals surface area (Å²) in [5.41, 5.74) is 9.68. The molecule has 1 aliphatic carbocycles. The number of hydrogen-bond acceptors (Lipinski definition) is 4. The summed E-state index contributed by atoms with van der Waals surface area (Å²) in [4.78, 5) is 11.5. The molecule has 148 valence electrons. The van der Waals surface area contributed by atoms with Gasteiger partial charge in [-0.3, -0.25) is 4.79 Å². The SMILES string of the molecule is COc1ccccc1C1(O[C@H](C)[C@H](N)C(=O)O)c2ccccc2-c2ccccc21. The van der Waals surface area contributed by atoms with Gasteiger partial charge in [0.05, 0.1) is 13.2 Å². The lowest BCUT2D eigenvalue weighted by Gasteiger charge is -2.37. The highest BCUT2D eigenvalue weighted by Crippen LogP contribution is 2.55. The molecule has 0 fully saturated rings. The zero-order valence-electron chi connectivity index (χ0n) is 16.3. The number of ether oxygens (including phenoxy) is 2. The molecule has 29 heavy (non-hydrogen) atoms. The molecule has 2 atom stereocenters. The zero-order valence-corrected chi connectivity index (χ0v) is 16.3. The molecule has 0 spiro atoms. The quantitative estimate of drug-likeness (QED) is 0.670. The van der Waals surface area contributed by atoms with E-state index < -0.39 is 23.7 Å². The first kappa shape index (κ1) is 19.2. The molecule has 0 bridgehead atoms. The lowest BCUT2D eigenvalue weighted by atomic mass is 9.83. The Hall–Kier alpha value is -3.15. The van der Waals surface area contributed by atoms with Gasteiger partial charge >= 0.3 is 5.97 Å². The van der Waals surface area contributed by atoms with E-state index in [-0.39, 0.29) is 0 Å². The Kier molecular flexibility index (Phi) is 4.86. The number of carboxylic acid groups (broad SMARTS) is 1. The fourth-order valence-electron chi connectivity index (χ4n) is 4.16. The van der Waals surface area contributed by atoms with Gasteiger partial charge in [0, 0.05) is 16.7 Å². The van der Waals surface area contributed by atoms with Crippen molar-refractivity contribution in [3.63, 3.8) is 0 Å². The fourth-order valence-corrected chi connectivity index (χ4v) is 4.16.